The van der Waals surface area contributed by atoms with Crippen LogP contribution in [0, 0.1) is 12.3 Å². The molecule has 1 N–H and O–H groups in total. The summed E-state index contributed by atoms with van der Waals surface area (Å²) in [5.41, 5.74) is 2.46. The minimum absolute atomic E-state index is 0.208. The number of hydrogen-bond acceptors (Lipinski definition) is 4. The number of methoxy groups -OCH3 is 1. The Hall–Kier alpha value is -2.19. The van der Waals surface area contributed by atoms with Gasteiger partial charge in [0.2, 0.25) is 0 Å². The molecule has 2 unspecified atom stereocenters. The van der Waals surface area contributed by atoms with Gasteiger partial charge in [-0.25, -0.2) is 0 Å². The van der Waals surface area contributed by atoms with Crippen molar-refractivity contribution in [3.8, 4) is 18.1 Å². The summed E-state index contributed by atoms with van der Waals surface area (Å²) < 4.78 is 17.8. The number of nitrogens with one attached hydrogen (secondary N) is 1. The lowest BCUT2D eigenvalue weighted by molar-refractivity contribution is -0.147. The number of terminal acetylenes is 1. The number of hydrogen-bond donors (Lipinski definition) is 1. The van der Waals surface area contributed by atoms with Gasteiger partial charge >= 0.3 is 0 Å². The third-order valence-electron chi connectivity index (χ3n) is 4.64. The molecule has 2 aromatic carbocycles. The highest BCUT2D eigenvalue weighted by atomic mass is 35.5. The van der Waals surface area contributed by atoms with Crippen LogP contribution in [-0.2, 0) is 16.0 Å². The Morgan fingerprint density at radius 2 is 2.07 bits per heavy atom. The molecule has 27 heavy (non-hydrogen) atoms. The van der Waals surface area contributed by atoms with Crippen LogP contribution >= 0.6 is 11.6 Å². The Kier molecular flexibility index (Phi) is 5.96. The molecule has 4 nitrogen and oxygen atoms in total. The second-order valence-corrected chi connectivity index (χ2v) is 7.47. The van der Waals surface area contributed by atoms with Gasteiger partial charge in [0.25, 0.3) is 0 Å². The zero-order valence-corrected chi connectivity index (χ0v) is 16.5. The summed E-state index contributed by atoms with van der Waals surface area (Å²) in [4.78, 5) is 0. The molecule has 1 aliphatic heterocycles. The number of halogens is 1. The smallest absolute Gasteiger partial charge is 0.132 e. The van der Waals surface area contributed by atoms with Crippen LogP contribution in [-0.4, -0.2) is 25.4 Å². The van der Waals surface area contributed by atoms with Gasteiger partial charge in [0, 0.05) is 29.9 Å². The van der Waals surface area contributed by atoms with Crippen LogP contribution in [0.25, 0.3) is 0 Å². The van der Waals surface area contributed by atoms with Gasteiger partial charge in [0.15, 0.2) is 0 Å². The van der Waals surface area contributed by atoms with E-state index in [1.165, 1.54) is 0 Å². The summed E-state index contributed by atoms with van der Waals surface area (Å²) >= 11 is 6.06. The Morgan fingerprint density at radius 3 is 2.78 bits per heavy atom. The molecule has 0 aliphatic carbocycles. The van der Waals surface area contributed by atoms with E-state index in [-0.39, 0.29) is 18.8 Å². The van der Waals surface area contributed by atoms with Crippen molar-refractivity contribution >= 4 is 17.3 Å². The van der Waals surface area contributed by atoms with E-state index < -0.39 is 5.60 Å². The van der Waals surface area contributed by atoms with Crippen LogP contribution in [0.5, 0.6) is 5.75 Å². The fraction of sp³-hybridized carbons (Fsp3) is 0.364. The highest BCUT2D eigenvalue weighted by Crippen LogP contribution is 2.44. The molecule has 0 radical (unpaired) electrons. The molecule has 5 heteroatoms. The molecule has 142 valence electrons. The largest absolute Gasteiger partial charge is 0.485 e. The van der Waals surface area contributed by atoms with Crippen molar-refractivity contribution in [2.24, 2.45) is 0 Å². The van der Waals surface area contributed by atoms with Crippen molar-refractivity contribution in [1.82, 2.24) is 0 Å². The zero-order valence-electron chi connectivity index (χ0n) is 15.8. The van der Waals surface area contributed by atoms with E-state index in [1.807, 2.05) is 56.3 Å². The highest BCUT2D eigenvalue weighted by Gasteiger charge is 2.45. The first-order chi connectivity index (χ1) is 12.9. The Balaban J connectivity index is 1.83. The maximum atomic E-state index is 6.18. The SMILES string of the molecule is C#CCOC1C(OC)c2cc(NCc3cccc(Cl)c3)ccc2OC1(C)C. The highest BCUT2D eigenvalue weighted by molar-refractivity contribution is 6.30. The molecule has 0 saturated carbocycles. The van der Waals surface area contributed by atoms with Gasteiger partial charge in [-0.3, -0.25) is 0 Å². The summed E-state index contributed by atoms with van der Waals surface area (Å²) in [5.74, 6) is 3.31. The fourth-order valence-electron chi connectivity index (χ4n) is 3.37. The van der Waals surface area contributed by atoms with Gasteiger partial charge in [-0.2, -0.15) is 0 Å². The molecule has 3 rings (SSSR count). The van der Waals surface area contributed by atoms with E-state index in [1.54, 1.807) is 7.11 Å². The Morgan fingerprint density at radius 1 is 1.26 bits per heavy atom. The van der Waals surface area contributed by atoms with Crippen molar-refractivity contribution in [3.05, 3.63) is 58.6 Å². The standard InChI is InChI=1S/C22H24ClNO3/c1-5-11-26-21-20(25-4)18-13-17(9-10-19(18)27-22(21,2)3)24-14-15-7-6-8-16(23)12-15/h1,6-10,12-13,20-21,24H,11,14H2,2-4H3. The number of ether oxygens (including phenoxy) is 3. The topological polar surface area (TPSA) is 39.7 Å². The predicted molar refractivity (Wildman–Crippen MR) is 108 cm³/mol. The van der Waals surface area contributed by atoms with E-state index in [0.717, 1.165) is 27.6 Å². The average Bonchev–Trinajstić information content (AvgIpc) is 2.64. The van der Waals surface area contributed by atoms with Crippen molar-refractivity contribution in [2.75, 3.05) is 19.0 Å². The molecule has 0 bridgehead atoms. The van der Waals surface area contributed by atoms with Crippen LogP contribution < -0.4 is 10.1 Å². The quantitative estimate of drug-likeness (QED) is 0.723. The summed E-state index contributed by atoms with van der Waals surface area (Å²) in [5, 5.41) is 4.14. The molecule has 0 spiro atoms. The van der Waals surface area contributed by atoms with Crippen LogP contribution in [0.1, 0.15) is 31.1 Å². The lowest BCUT2D eigenvalue weighted by Crippen LogP contribution is -2.50. The molecule has 0 fully saturated rings. The van der Waals surface area contributed by atoms with Crippen molar-refractivity contribution in [3.63, 3.8) is 0 Å². The third-order valence-corrected chi connectivity index (χ3v) is 4.87. The van der Waals surface area contributed by atoms with Gasteiger partial charge in [-0.15, -0.1) is 6.42 Å². The molecule has 0 amide bonds. The third kappa shape index (κ3) is 4.39. The Bertz CT molecular complexity index is 844. The first kappa shape index (κ1) is 19.6. The minimum Gasteiger partial charge on any atom is -0.485 e. The summed E-state index contributed by atoms with van der Waals surface area (Å²) in [7, 11) is 1.67. The van der Waals surface area contributed by atoms with Crippen molar-refractivity contribution in [2.45, 2.75) is 38.2 Å². The van der Waals surface area contributed by atoms with Gasteiger partial charge in [-0.05, 0) is 49.7 Å². The average molecular weight is 386 g/mol. The van der Waals surface area contributed by atoms with Gasteiger partial charge in [0.1, 0.15) is 30.2 Å². The molecule has 0 aromatic heterocycles. The molecular formula is C22H24ClNO3. The first-order valence-corrected chi connectivity index (χ1v) is 9.21. The monoisotopic (exact) mass is 385 g/mol. The van der Waals surface area contributed by atoms with Crippen LogP contribution in [0.2, 0.25) is 5.02 Å². The number of rotatable bonds is 6. The van der Waals surface area contributed by atoms with E-state index in [9.17, 15) is 0 Å². The molecule has 0 saturated heterocycles. The summed E-state index contributed by atoms with van der Waals surface area (Å²) in [6.07, 6.45) is 4.79. The van der Waals surface area contributed by atoms with Gasteiger partial charge in [0.05, 0.1) is 0 Å². The molecule has 2 aromatic rings. The second kappa shape index (κ2) is 8.22. The van der Waals surface area contributed by atoms with Crippen LogP contribution in [0.4, 0.5) is 5.69 Å². The minimum atomic E-state index is -0.555. The predicted octanol–water partition coefficient (Wildman–Crippen LogP) is 4.83. The zero-order chi connectivity index (χ0) is 19.4. The molecular weight excluding hydrogens is 362 g/mol. The fourth-order valence-corrected chi connectivity index (χ4v) is 3.58. The normalized spacial score (nSPS) is 20.3. The number of anilines is 1. The van der Waals surface area contributed by atoms with Crippen LogP contribution in [0.15, 0.2) is 42.5 Å². The number of fused-ring (bicyclic) bond motifs is 1. The van der Waals surface area contributed by atoms with E-state index in [0.29, 0.717) is 6.54 Å². The van der Waals surface area contributed by atoms with E-state index in [4.69, 9.17) is 32.2 Å². The maximum Gasteiger partial charge on any atom is 0.132 e. The number of benzene rings is 2. The molecule has 1 heterocycles. The lowest BCUT2D eigenvalue weighted by Gasteiger charge is -2.43. The summed E-state index contributed by atoms with van der Waals surface area (Å²) in [6, 6.07) is 13.8. The van der Waals surface area contributed by atoms with Crippen molar-refractivity contribution in [1.29, 1.82) is 0 Å². The van der Waals surface area contributed by atoms with E-state index >= 15 is 0 Å². The van der Waals surface area contributed by atoms with Gasteiger partial charge in [-0.1, -0.05) is 29.7 Å². The second-order valence-electron chi connectivity index (χ2n) is 7.03. The Labute approximate surface area is 165 Å². The lowest BCUT2D eigenvalue weighted by atomic mass is 9.88. The van der Waals surface area contributed by atoms with Crippen molar-refractivity contribution < 1.29 is 14.2 Å². The summed E-state index contributed by atoms with van der Waals surface area (Å²) in [6.45, 7) is 4.84. The maximum absolute atomic E-state index is 6.18. The van der Waals surface area contributed by atoms with Gasteiger partial charge < -0.3 is 19.5 Å². The molecule has 1 aliphatic rings. The van der Waals surface area contributed by atoms with E-state index in [2.05, 4.69) is 11.2 Å². The molecule has 2 atom stereocenters. The first-order valence-electron chi connectivity index (χ1n) is 8.83. The van der Waals surface area contributed by atoms with Crippen LogP contribution in [0.3, 0.4) is 0 Å².